The van der Waals surface area contributed by atoms with E-state index in [1.807, 2.05) is 56.4 Å². The van der Waals surface area contributed by atoms with E-state index in [2.05, 4.69) is 4.98 Å². The van der Waals surface area contributed by atoms with Crippen LogP contribution < -0.4 is 0 Å². The third kappa shape index (κ3) is 4.77. The molecule has 0 bridgehead atoms. The van der Waals surface area contributed by atoms with Crippen molar-refractivity contribution in [3.8, 4) is 0 Å². The minimum Gasteiger partial charge on any atom is -0.463 e. The Balaban J connectivity index is 2.22. The molecule has 0 spiro atoms. The number of benzene rings is 1. The van der Waals surface area contributed by atoms with Crippen LogP contribution in [0.3, 0.4) is 0 Å². The van der Waals surface area contributed by atoms with Crippen molar-refractivity contribution in [2.45, 2.75) is 26.9 Å². The van der Waals surface area contributed by atoms with Gasteiger partial charge in [-0.1, -0.05) is 30.3 Å². The Bertz CT molecular complexity index is 678. The Kier molecular flexibility index (Phi) is 6.70. The number of carbonyl (C=O) groups excluding carboxylic acids is 1. The summed E-state index contributed by atoms with van der Waals surface area (Å²) in [5, 5.41) is 0. The van der Waals surface area contributed by atoms with Crippen molar-refractivity contribution < 1.29 is 14.3 Å². The number of aromatic nitrogens is 1. The molecule has 0 aliphatic carbocycles. The zero-order valence-corrected chi connectivity index (χ0v) is 14.4. The van der Waals surface area contributed by atoms with Gasteiger partial charge in [-0.2, -0.15) is 0 Å². The molecule has 1 aromatic heterocycles. The molecule has 0 saturated heterocycles. The largest absolute Gasteiger partial charge is 0.463 e. The molecule has 24 heavy (non-hydrogen) atoms. The van der Waals surface area contributed by atoms with Gasteiger partial charge in [0.15, 0.2) is 0 Å². The summed E-state index contributed by atoms with van der Waals surface area (Å²) >= 11 is 0. The number of rotatable bonds is 7. The van der Waals surface area contributed by atoms with Crippen LogP contribution in [0.4, 0.5) is 0 Å². The quantitative estimate of drug-likeness (QED) is 0.566. The van der Waals surface area contributed by atoms with E-state index in [0.717, 1.165) is 22.3 Å². The SMILES string of the molecule is CCOC(=O)C=C(C)c1ccc(C(OCC)c2cccnc2)cc1. The molecule has 4 heteroatoms. The van der Waals surface area contributed by atoms with E-state index in [1.165, 1.54) is 6.08 Å². The summed E-state index contributed by atoms with van der Waals surface area (Å²) in [7, 11) is 0. The Labute approximate surface area is 143 Å². The maximum atomic E-state index is 11.5. The maximum absolute atomic E-state index is 11.5. The second-order valence-corrected chi connectivity index (χ2v) is 5.32. The van der Waals surface area contributed by atoms with Crippen LogP contribution in [0, 0.1) is 0 Å². The van der Waals surface area contributed by atoms with Crippen LogP contribution in [-0.4, -0.2) is 24.2 Å². The second-order valence-electron chi connectivity index (χ2n) is 5.32. The fourth-order valence-electron chi connectivity index (χ4n) is 2.45. The van der Waals surface area contributed by atoms with E-state index < -0.39 is 0 Å². The van der Waals surface area contributed by atoms with Gasteiger partial charge in [0.2, 0.25) is 0 Å². The molecule has 0 saturated carbocycles. The highest BCUT2D eigenvalue weighted by molar-refractivity contribution is 5.90. The van der Waals surface area contributed by atoms with Crippen molar-refractivity contribution in [2.75, 3.05) is 13.2 Å². The summed E-state index contributed by atoms with van der Waals surface area (Å²) in [6.07, 6.45) is 4.94. The summed E-state index contributed by atoms with van der Waals surface area (Å²) in [6, 6.07) is 11.9. The maximum Gasteiger partial charge on any atom is 0.331 e. The molecule has 1 unspecified atom stereocenters. The molecule has 0 aliphatic heterocycles. The highest BCUT2D eigenvalue weighted by atomic mass is 16.5. The van der Waals surface area contributed by atoms with E-state index in [-0.39, 0.29) is 12.1 Å². The molecule has 4 nitrogen and oxygen atoms in total. The van der Waals surface area contributed by atoms with Gasteiger partial charge in [-0.3, -0.25) is 4.98 Å². The molecule has 2 rings (SSSR count). The number of allylic oxidation sites excluding steroid dienone is 1. The second kappa shape index (κ2) is 8.99. The molecule has 0 N–H and O–H groups in total. The first-order valence-electron chi connectivity index (χ1n) is 8.12. The molecule has 0 radical (unpaired) electrons. The molecule has 0 fully saturated rings. The summed E-state index contributed by atoms with van der Waals surface area (Å²) in [5.74, 6) is -0.318. The Morgan fingerprint density at radius 1 is 1.12 bits per heavy atom. The normalized spacial score (nSPS) is 12.7. The van der Waals surface area contributed by atoms with Crippen LogP contribution in [0.15, 0.2) is 54.9 Å². The predicted octanol–water partition coefficient (Wildman–Crippen LogP) is 4.17. The van der Waals surface area contributed by atoms with Gasteiger partial charge in [0.25, 0.3) is 0 Å². The number of ether oxygens (including phenoxy) is 2. The summed E-state index contributed by atoms with van der Waals surface area (Å²) in [6.45, 7) is 6.66. The van der Waals surface area contributed by atoms with E-state index in [4.69, 9.17) is 9.47 Å². The number of nitrogens with zero attached hydrogens (tertiary/aromatic N) is 1. The lowest BCUT2D eigenvalue weighted by Crippen LogP contribution is -2.06. The highest BCUT2D eigenvalue weighted by Crippen LogP contribution is 2.26. The van der Waals surface area contributed by atoms with Gasteiger partial charge in [0.05, 0.1) is 6.61 Å². The smallest absolute Gasteiger partial charge is 0.331 e. The summed E-state index contributed by atoms with van der Waals surface area (Å²) < 4.78 is 10.8. The first-order valence-corrected chi connectivity index (χ1v) is 8.12. The molecular weight excluding hydrogens is 302 g/mol. The van der Waals surface area contributed by atoms with Crippen LogP contribution in [0.2, 0.25) is 0 Å². The first-order chi connectivity index (χ1) is 11.7. The topological polar surface area (TPSA) is 48.4 Å². The van der Waals surface area contributed by atoms with E-state index in [0.29, 0.717) is 13.2 Å². The molecule has 126 valence electrons. The monoisotopic (exact) mass is 325 g/mol. The molecule has 1 atom stereocenters. The molecule has 1 aromatic carbocycles. The Morgan fingerprint density at radius 3 is 2.46 bits per heavy atom. The lowest BCUT2D eigenvalue weighted by Gasteiger charge is -2.18. The predicted molar refractivity (Wildman–Crippen MR) is 94.4 cm³/mol. The molecule has 1 heterocycles. The van der Waals surface area contributed by atoms with Crippen LogP contribution in [0.5, 0.6) is 0 Å². The van der Waals surface area contributed by atoms with Crippen LogP contribution in [0.25, 0.3) is 5.57 Å². The Morgan fingerprint density at radius 2 is 1.88 bits per heavy atom. The van der Waals surface area contributed by atoms with Crippen LogP contribution >= 0.6 is 0 Å². The number of pyridine rings is 1. The van der Waals surface area contributed by atoms with Crippen molar-refractivity contribution in [3.63, 3.8) is 0 Å². The van der Waals surface area contributed by atoms with Crippen molar-refractivity contribution in [1.82, 2.24) is 4.98 Å². The molecule has 0 aliphatic rings. The fraction of sp³-hybridized carbons (Fsp3) is 0.300. The van der Waals surface area contributed by atoms with E-state index >= 15 is 0 Å². The zero-order chi connectivity index (χ0) is 17.4. The van der Waals surface area contributed by atoms with E-state index in [1.54, 1.807) is 13.1 Å². The fourth-order valence-corrected chi connectivity index (χ4v) is 2.45. The number of hydrogen-bond donors (Lipinski definition) is 0. The van der Waals surface area contributed by atoms with Gasteiger partial charge in [0, 0.05) is 30.6 Å². The van der Waals surface area contributed by atoms with E-state index in [9.17, 15) is 4.79 Å². The van der Waals surface area contributed by atoms with Crippen molar-refractivity contribution in [1.29, 1.82) is 0 Å². The zero-order valence-electron chi connectivity index (χ0n) is 14.4. The molecular formula is C20H23NO3. The van der Waals surface area contributed by atoms with Gasteiger partial charge >= 0.3 is 5.97 Å². The third-order valence-corrected chi connectivity index (χ3v) is 3.61. The Hall–Kier alpha value is -2.46. The lowest BCUT2D eigenvalue weighted by atomic mass is 9.99. The molecule has 0 amide bonds. The van der Waals surface area contributed by atoms with Gasteiger partial charge in [0.1, 0.15) is 6.10 Å². The number of esters is 1. The summed E-state index contributed by atoms with van der Waals surface area (Å²) in [4.78, 5) is 15.7. The lowest BCUT2D eigenvalue weighted by molar-refractivity contribution is -0.137. The van der Waals surface area contributed by atoms with Crippen LogP contribution in [0.1, 0.15) is 43.6 Å². The third-order valence-electron chi connectivity index (χ3n) is 3.61. The summed E-state index contributed by atoms with van der Waals surface area (Å²) in [5.41, 5.74) is 3.92. The van der Waals surface area contributed by atoms with Crippen molar-refractivity contribution in [2.24, 2.45) is 0 Å². The van der Waals surface area contributed by atoms with Gasteiger partial charge in [-0.05, 0) is 43.5 Å². The highest BCUT2D eigenvalue weighted by Gasteiger charge is 2.14. The first kappa shape index (κ1) is 17.9. The minimum atomic E-state index is -0.318. The van der Waals surface area contributed by atoms with Gasteiger partial charge in [-0.15, -0.1) is 0 Å². The average Bonchev–Trinajstić information content (AvgIpc) is 2.61. The number of carbonyl (C=O) groups is 1. The van der Waals surface area contributed by atoms with Crippen molar-refractivity contribution >= 4 is 11.5 Å². The minimum absolute atomic E-state index is 0.146. The van der Waals surface area contributed by atoms with Crippen LogP contribution in [-0.2, 0) is 14.3 Å². The van der Waals surface area contributed by atoms with Gasteiger partial charge < -0.3 is 9.47 Å². The number of hydrogen-bond acceptors (Lipinski definition) is 4. The molecule has 2 aromatic rings. The van der Waals surface area contributed by atoms with Crippen molar-refractivity contribution in [3.05, 3.63) is 71.6 Å². The standard InChI is InChI=1S/C20H23NO3/c1-4-23-19(22)13-15(3)16-8-10-17(11-9-16)20(24-5-2)18-7-6-12-21-14-18/h6-14,20H,4-5H2,1-3H3. The average molecular weight is 325 g/mol. The van der Waals surface area contributed by atoms with Gasteiger partial charge in [-0.25, -0.2) is 4.79 Å².